The second-order valence-corrected chi connectivity index (χ2v) is 7.13. The van der Waals surface area contributed by atoms with Gasteiger partial charge in [-0.2, -0.15) is 13.2 Å². The van der Waals surface area contributed by atoms with Gasteiger partial charge >= 0.3 is 6.18 Å². The lowest BCUT2D eigenvalue weighted by Gasteiger charge is -2.34. The number of allylic oxidation sites excluding steroid dienone is 3. The number of alkyl halides is 3. The summed E-state index contributed by atoms with van der Waals surface area (Å²) in [5, 5.41) is 0. The number of carbonyl (C=O) groups is 2. The number of pyridine rings is 1. The Morgan fingerprint density at radius 2 is 1.91 bits per heavy atom. The Bertz CT molecular complexity index is 887. The van der Waals surface area contributed by atoms with E-state index in [4.69, 9.17) is 5.73 Å². The van der Waals surface area contributed by atoms with Gasteiger partial charge < -0.3 is 10.6 Å². The Kier molecular flexibility index (Phi) is 9.33. The van der Waals surface area contributed by atoms with Crippen LogP contribution in [0.1, 0.15) is 12.1 Å². The van der Waals surface area contributed by atoms with Gasteiger partial charge in [0.2, 0.25) is 5.91 Å². The van der Waals surface area contributed by atoms with E-state index in [9.17, 15) is 22.8 Å². The van der Waals surface area contributed by atoms with Crippen LogP contribution in [-0.2, 0) is 16.0 Å². The van der Waals surface area contributed by atoms with Gasteiger partial charge in [-0.05, 0) is 24.6 Å². The molecule has 2 heterocycles. The summed E-state index contributed by atoms with van der Waals surface area (Å²) in [5.74, 6) is -0.819. The predicted octanol–water partition coefficient (Wildman–Crippen LogP) is 2.27. The monoisotopic (exact) mass is 449 g/mol. The number of rotatable bonds is 8. The van der Waals surface area contributed by atoms with Crippen molar-refractivity contribution in [3.63, 3.8) is 0 Å². The first-order valence-electron chi connectivity index (χ1n) is 10.0. The van der Waals surface area contributed by atoms with E-state index in [0.29, 0.717) is 38.8 Å². The van der Waals surface area contributed by atoms with Crippen molar-refractivity contribution >= 4 is 18.2 Å². The van der Waals surface area contributed by atoms with Crippen molar-refractivity contribution in [2.75, 3.05) is 32.7 Å². The molecule has 0 radical (unpaired) electrons. The molecule has 7 nitrogen and oxygen atoms in total. The van der Waals surface area contributed by atoms with Crippen LogP contribution in [0.5, 0.6) is 0 Å². The lowest BCUT2D eigenvalue weighted by Crippen LogP contribution is -2.49. The molecule has 0 unspecified atom stereocenters. The minimum Gasteiger partial charge on any atom is -0.390 e. The molecule has 1 fully saturated rings. The van der Waals surface area contributed by atoms with E-state index >= 15 is 0 Å². The van der Waals surface area contributed by atoms with Gasteiger partial charge in [0, 0.05) is 55.8 Å². The van der Waals surface area contributed by atoms with Gasteiger partial charge in [-0.1, -0.05) is 24.8 Å². The van der Waals surface area contributed by atoms with Crippen LogP contribution in [0.3, 0.4) is 0 Å². The van der Waals surface area contributed by atoms with E-state index in [1.54, 1.807) is 29.3 Å². The number of piperazine rings is 1. The van der Waals surface area contributed by atoms with E-state index in [1.165, 1.54) is 0 Å². The Morgan fingerprint density at radius 1 is 1.19 bits per heavy atom. The van der Waals surface area contributed by atoms with Crippen molar-refractivity contribution in [2.45, 2.75) is 19.0 Å². The average Bonchev–Trinajstić information content (AvgIpc) is 2.76. The van der Waals surface area contributed by atoms with Crippen LogP contribution in [0.15, 0.2) is 65.3 Å². The van der Waals surface area contributed by atoms with Crippen molar-refractivity contribution < 1.29 is 22.8 Å². The maximum Gasteiger partial charge on any atom is 0.415 e. The normalized spacial score (nSPS) is 16.1. The fourth-order valence-electron chi connectivity index (χ4n) is 3.03. The van der Waals surface area contributed by atoms with Crippen LogP contribution in [0, 0.1) is 0 Å². The third-order valence-electron chi connectivity index (χ3n) is 4.83. The topological polar surface area (TPSA) is 91.9 Å². The van der Waals surface area contributed by atoms with Crippen LogP contribution in [0.25, 0.3) is 0 Å². The zero-order valence-corrected chi connectivity index (χ0v) is 17.6. The van der Waals surface area contributed by atoms with Crippen LogP contribution in [0.2, 0.25) is 0 Å². The van der Waals surface area contributed by atoms with Gasteiger partial charge in [-0.15, -0.1) is 0 Å². The smallest absolute Gasteiger partial charge is 0.390 e. The standard InChI is InChI=1S/C22H26F3N5O2/c1-17(22(23,24)25)14-18(21(32)28-16-26)6-3-5-9-29-10-12-30(13-11-29)20(31)15-19-7-2-4-8-27-19/h2-5,7-8,14,16H,1,6,9-13,15H2,(H2,26,28,32)/b5-3-,18-14+. The molecule has 0 atom stereocenters. The van der Waals surface area contributed by atoms with Gasteiger partial charge in [-0.25, -0.2) is 4.99 Å². The number of hydrogen-bond donors (Lipinski definition) is 1. The first-order valence-corrected chi connectivity index (χ1v) is 10.0. The highest BCUT2D eigenvalue weighted by Gasteiger charge is 2.31. The van der Waals surface area contributed by atoms with Gasteiger partial charge in [-0.3, -0.25) is 19.5 Å². The van der Waals surface area contributed by atoms with Crippen LogP contribution in [0.4, 0.5) is 13.2 Å². The first kappa shape index (κ1) is 25.0. The SMILES string of the molecule is C=C(/C=C(\C/C=C\CN1CCN(C(=O)Cc2ccccn2)CC1)C(=O)N=CN)C(F)(F)F. The summed E-state index contributed by atoms with van der Waals surface area (Å²) < 4.78 is 38.2. The zero-order chi connectivity index (χ0) is 23.6. The minimum atomic E-state index is -4.63. The maximum absolute atomic E-state index is 12.7. The molecule has 0 saturated carbocycles. The van der Waals surface area contributed by atoms with Crippen LogP contribution < -0.4 is 5.73 Å². The quantitative estimate of drug-likeness (QED) is 0.216. The van der Waals surface area contributed by atoms with Crippen LogP contribution >= 0.6 is 0 Å². The average molecular weight is 449 g/mol. The molecule has 1 aromatic rings. The van der Waals surface area contributed by atoms with Crippen molar-refractivity contribution in [2.24, 2.45) is 10.7 Å². The Morgan fingerprint density at radius 3 is 2.50 bits per heavy atom. The summed E-state index contributed by atoms with van der Waals surface area (Å²) in [5.41, 5.74) is 4.51. The van der Waals surface area contributed by atoms with Gasteiger partial charge in [0.1, 0.15) is 0 Å². The molecule has 1 aliphatic heterocycles. The lowest BCUT2D eigenvalue weighted by molar-refractivity contribution is -0.132. The molecule has 2 rings (SSSR count). The largest absolute Gasteiger partial charge is 0.415 e. The molecule has 172 valence electrons. The number of aliphatic imine (C=N–C) groups is 1. The third kappa shape index (κ3) is 8.10. The summed E-state index contributed by atoms with van der Waals surface area (Å²) in [6.45, 7) is 6.00. The van der Waals surface area contributed by atoms with Gasteiger partial charge in [0.05, 0.1) is 12.8 Å². The lowest BCUT2D eigenvalue weighted by atomic mass is 10.1. The zero-order valence-electron chi connectivity index (χ0n) is 17.6. The molecule has 0 aliphatic carbocycles. The number of nitrogens with zero attached hydrogens (tertiary/aromatic N) is 4. The molecule has 0 spiro atoms. The Hall–Kier alpha value is -3.27. The second kappa shape index (κ2) is 11.9. The fourth-order valence-corrected chi connectivity index (χ4v) is 3.03. The van der Waals surface area contributed by atoms with Crippen molar-refractivity contribution in [3.05, 3.63) is 66.0 Å². The molecule has 10 heteroatoms. The highest BCUT2D eigenvalue weighted by Crippen LogP contribution is 2.26. The fraction of sp³-hybridized carbons (Fsp3) is 0.364. The van der Waals surface area contributed by atoms with E-state index in [2.05, 4.69) is 21.5 Å². The molecule has 0 bridgehead atoms. The maximum atomic E-state index is 12.7. The van der Waals surface area contributed by atoms with Gasteiger partial charge in [0.25, 0.3) is 5.91 Å². The van der Waals surface area contributed by atoms with Crippen molar-refractivity contribution in [1.82, 2.24) is 14.8 Å². The van der Waals surface area contributed by atoms with Gasteiger partial charge in [0.15, 0.2) is 0 Å². The molecular weight excluding hydrogens is 423 g/mol. The molecule has 0 aromatic carbocycles. The van der Waals surface area contributed by atoms with Crippen molar-refractivity contribution in [1.29, 1.82) is 0 Å². The second-order valence-electron chi connectivity index (χ2n) is 7.13. The molecular formula is C22H26F3N5O2. The minimum absolute atomic E-state index is 0.0255. The number of carbonyl (C=O) groups excluding carboxylic acids is 2. The number of aromatic nitrogens is 1. The Labute approximate surface area is 184 Å². The highest BCUT2D eigenvalue weighted by molar-refractivity contribution is 5.98. The number of amides is 2. The number of nitrogens with two attached hydrogens (primary N) is 1. The summed E-state index contributed by atoms with van der Waals surface area (Å²) in [7, 11) is 0. The Balaban J connectivity index is 1.83. The van der Waals surface area contributed by atoms with E-state index < -0.39 is 17.7 Å². The highest BCUT2D eigenvalue weighted by atomic mass is 19.4. The van der Waals surface area contributed by atoms with E-state index in [-0.39, 0.29) is 24.3 Å². The van der Waals surface area contributed by atoms with E-state index in [1.807, 2.05) is 12.1 Å². The summed E-state index contributed by atoms with van der Waals surface area (Å²) in [4.78, 5) is 35.7. The molecule has 32 heavy (non-hydrogen) atoms. The predicted molar refractivity (Wildman–Crippen MR) is 116 cm³/mol. The van der Waals surface area contributed by atoms with Crippen molar-refractivity contribution in [3.8, 4) is 0 Å². The summed E-state index contributed by atoms with van der Waals surface area (Å²) in [6.07, 6.45) is 2.06. The van der Waals surface area contributed by atoms with E-state index in [0.717, 1.165) is 12.0 Å². The van der Waals surface area contributed by atoms with Crippen LogP contribution in [-0.4, -0.2) is 71.8 Å². The number of hydrogen-bond acceptors (Lipinski definition) is 4. The molecule has 1 saturated heterocycles. The third-order valence-corrected chi connectivity index (χ3v) is 4.83. The molecule has 2 amide bonds. The first-order chi connectivity index (χ1) is 15.2. The molecule has 1 aliphatic rings. The molecule has 1 aromatic heterocycles. The number of halogens is 3. The summed E-state index contributed by atoms with van der Waals surface area (Å²) >= 11 is 0. The summed E-state index contributed by atoms with van der Waals surface area (Å²) in [6, 6.07) is 5.46. The molecule has 2 N–H and O–H groups in total.